The zero-order valence-corrected chi connectivity index (χ0v) is 10.2. The van der Waals surface area contributed by atoms with Crippen molar-refractivity contribution in [2.45, 2.75) is 19.4 Å². The fourth-order valence-electron chi connectivity index (χ4n) is 1.72. The highest BCUT2D eigenvalue weighted by Crippen LogP contribution is 2.23. The maximum atomic E-state index is 13.7. The summed E-state index contributed by atoms with van der Waals surface area (Å²) in [4.78, 5) is 0. The van der Waals surface area contributed by atoms with Crippen LogP contribution >= 0.6 is 11.3 Å². The molecule has 90 valence electrons. The fraction of sp³-hybridized carbons (Fsp3) is 0.231. The highest BCUT2D eigenvalue weighted by molar-refractivity contribution is 7.07. The molecule has 1 aromatic heterocycles. The summed E-state index contributed by atoms with van der Waals surface area (Å²) in [5.41, 5.74) is 7.48. The van der Waals surface area contributed by atoms with Crippen molar-refractivity contribution in [3.8, 4) is 0 Å². The Morgan fingerprint density at radius 2 is 2.00 bits per heavy atom. The Hall–Kier alpha value is -1.26. The first-order valence-electron chi connectivity index (χ1n) is 5.30. The first-order chi connectivity index (χ1) is 8.09. The van der Waals surface area contributed by atoms with Crippen molar-refractivity contribution in [3.63, 3.8) is 0 Å². The number of nitrogens with two attached hydrogens (primary N) is 1. The predicted octanol–water partition coefficient (Wildman–Crippen LogP) is 3.58. The maximum absolute atomic E-state index is 13.7. The van der Waals surface area contributed by atoms with Gasteiger partial charge < -0.3 is 5.73 Å². The van der Waals surface area contributed by atoms with Gasteiger partial charge in [0.25, 0.3) is 0 Å². The average molecular weight is 253 g/mol. The maximum Gasteiger partial charge on any atom is 0.163 e. The Bertz CT molecular complexity index is 508. The molecule has 0 aliphatic carbocycles. The summed E-state index contributed by atoms with van der Waals surface area (Å²) in [6.07, 6.45) is 0.517. The van der Waals surface area contributed by atoms with Gasteiger partial charge in [-0.2, -0.15) is 11.3 Å². The van der Waals surface area contributed by atoms with E-state index in [0.29, 0.717) is 12.0 Å². The Labute approximate surface area is 103 Å². The molecule has 0 radical (unpaired) electrons. The van der Waals surface area contributed by atoms with Crippen LogP contribution in [0.4, 0.5) is 8.78 Å². The van der Waals surface area contributed by atoms with Crippen molar-refractivity contribution in [3.05, 3.63) is 57.3 Å². The summed E-state index contributed by atoms with van der Waals surface area (Å²) in [6, 6.07) is 4.54. The minimum Gasteiger partial charge on any atom is -0.324 e. The lowest BCUT2D eigenvalue weighted by Crippen LogP contribution is -2.15. The van der Waals surface area contributed by atoms with E-state index in [9.17, 15) is 8.78 Å². The average Bonchev–Trinajstić information content (AvgIpc) is 2.78. The molecule has 4 heteroatoms. The van der Waals surface area contributed by atoms with Crippen LogP contribution in [0, 0.1) is 18.6 Å². The minimum atomic E-state index is -0.826. The van der Waals surface area contributed by atoms with Gasteiger partial charge in [-0.25, -0.2) is 8.78 Å². The second kappa shape index (κ2) is 4.94. The summed E-state index contributed by atoms with van der Waals surface area (Å²) < 4.78 is 27.1. The van der Waals surface area contributed by atoms with Gasteiger partial charge in [-0.1, -0.05) is 12.1 Å². The van der Waals surface area contributed by atoms with E-state index in [1.165, 1.54) is 6.92 Å². The van der Waals surface area contributed by atoms with Gasteiger partial charge in [0, 0.05) is 11.6 Å². The lowest BCUT2D eigenvalue weighted by atomic mass is 9.99. The molecule has 0 bridgehead atoms. The zero-order chi connectivity index (χ0) is 12.4. The van der Waals surface area contributed by atoms with Crippen LogP contribution in [0.5, 0.6) is 0 Å². The van der Waals surface area contributed by atoms with Gasteiger partial charge in [0.15, 0.2) is 11.6 Å². The number of halogens is 2. The van der Waals surface area contributed by atoms with E-state index in [1.807, 2.05) is 16.8 Å². The van der Waals surface area contributed by atoms with E-state index in [4.69, 9.17) is 5.73 Å². The van der Waals surface area contributed by atoms with Crippen molar-refractivity contribution in [1.29, 1.82) is 0 Å². The van der Waals surface area contributed by atoms with Gasteiger partial charge in [0.1, 0.15) is 0 Å². The lowest BCUT2D eigenvalue weighted by molar-refractivity contribution is 0.483. The summed E-state index contributed by atoms with van der Waals surface area (Å²) in [7, 11) is 0. The van der Waals surface area contributed by atoms with E-state index in [0.717, 1.165) is 5.56 Å². The van der Waals surface area contributed by atoms with Crippen LogP contribution in [0.2, 0.25) is 0 Å². The Morgan fingerprint density at radius 1 is 1.24 bits per heavy atom. The first kappa shape index (κ1) is 12.2. The van der Waals surface area contributed by atoms with Crippen molar-refractivity contribution in [2.24, 2.45) is 5.73 Å². The number of benzene rings is 1. The molecule has 1 atom stereocenters. The lowest BCUT2D eigenvalue weighted by Gasteiger charge is -2.13. The van der Waals surface area contributed by atoms with E-state index in [2.05, 4.69) is 0 Å². The molecule has 17 heavy (non-hydrogen) atoms. The molecular weight excluding hydrogens is 240 g/mol. The number of hydrogen-bond acceptors (Lipinski definition) is 2. The number of rotatable bonds is 3. The predicted molar refractivity (Wildman–Crippen MR) is 66.0 cm³/mol. The van der Waals surface area contributed by atoms with Crippen LogP contribution in [-0.4, -0.2) is 0 Å². The largest absolute Gasteiger partial charge is 0.324 e. The molecule has 1 unspecified atom stereocenters. The van der Waals surface area contributed by atoms with Crippen molar-refractivity contribution in [2.75, 3.05) is 0 Å². The smallest absolute Gasteiger partial charge is 0.163 e. The molecule has 0 fully saturated rings. The second-order valence-electron chi connectivity index (χ2n) is 4.04. The van der Waals surface area contributed by atoms with Gasteiger partial charge in [0.2, 0.25) is 0 Å². The molecule has 0 saturated carbocycles. The van der Waals surface area contributed by atoms with Crippen LogP contribution < -0.4 is 5.73 Å². The standard InChI is InChI=1S/C13H13F2NS/c1-8-2-3-10(13(15)12(8)14)11(16)6-9-4-5-17-7-9/h2-5,7,11H,6,16H2,1H3. The number of aryl methyl sites for hydroxylation is 1. The Morgan fingerprint density at radius 3 is 2.65 bits per heavy atom. The topological polar surface area (TPSA) is 26.0 Å². The van der Waals surface area contributed by atoms with Crippen LogP contribution in [0.25, 0.3) is 0 Å². The Balaban J connectivity index is 2.25. The van der Waals surface area contributed by atoms with Crippen LogP contribution in [-0.2, 0) is 6.42 Å². The zero-order valence-electron chi connectivity index (χ0n) is 9.41. The molecule has 2 aromatic rings. The summed E-state index contributed by atoms with van der Waals surface area (Å²) in [5, 5.41) is 3.90. The molecule has 0 spiro atoms. The van der Waals surface area contributed by atoms with Gasteiger partial charge in [-0.3, -0.25) is 0 Å². The van der Waals surface area contributed by atoms with Gasteiger partial charge >= 0.3 is 0 Å². The minimum absolute atomic E-state index is 0.235. The number of thiophene rings is 1. The molecule has 1 heterocycles. The van der Waals surface area contributed by atoms with Crippen molar-refractivity contribution < 1.29 is 8.78 Å². The molecule has 0 aliphatic heterocycles. The molecule has 0 aliphatic rings. The molecule has 0 saturated heterocycles. The molecule has 2 N–H and O–H groups in total. The molecule has 1 nitrogen and oxygen atoms in total. The fourth-order valence-corrected chi connectivity index (χ4v) is 2.40. The van der Waals surface area contributed by atoms with Crippen molar-refractivity contribution >= 4 is 11.3 Å². The highest BCUT2D eigenvalue weighted by Gasteiger charge is 2.16. The summed E-state index contributed by atoms with van der Waals surface area (Å²) >= 11 is 1.56. The molecule has 1 aromatic carbocycles. The van der Waals surface area contributed by atoms with E-state index < -0.39 is 17.7 Å². The SMILES string of the molecule is Cc1ccc(C(N)Cc2ccsc2)c(F)c1F. The van der Waals surface area contributed by atoms with E-state index >= 15 is 0 Å². The quantitative estimate of drug-likeness (QED) is 0.889. The third-order valence-electron chi connectivity index (χ3n) is 2.74. The van der Waals surface area contributed by atoms with E-state index in [1.54, 1.807) is 23.5 Å². The Kier molecular flexibility index (Phi) is 3.54. The number of hydrogen-bond donors (Lipinski definition) is 1. The van der Waals surface area contributed by atoms with Gasteiger partial charge in [-0.05, 0) is 41.3 Å². The van der Waals surface area contributed by atoms with Crippen LogP contribution in [0.3, 0.4) is 0 Å². The van der Waals surface area contributed by atoms with Crippen LogP contribution in [0.1, 0.15) is 22.7 Å². The molecule has 0 amide bonds. The highest BCUT2D eigenvalue weighted by atomic mass is 32.1. The van der Waals surface area contributed by atoms with Gasteiger partial charge in [-0.15, -0.1) is 0 Å². The van der Waals surface area contributed by atoms with Crippen LogP contribution in [0.15, 0.2) is 29.0 Å². The van der Waals surface area contributed by atoms with Gasteiger partial charge in [0.05, 0.1) is 0 Å². The summed E-state index contributed by atoms with van der Waals surface area (Å²) in [5.74, 6) is -1.63. The third-order valence-corrected chi connectivity index (χ3v) is 3.47. The monoisotopic (exact) mass is 253 g/mol. The molecular formula is C13H13F2NS. The van der Waals surface area contributed by atoms with Crippen molar-refractivity contribution in [1.82, 2.24) is 0 Å². The molecule has 2 rings (SSSR count). The third kappa shape index (κ3) is 2.53. The normalized spacial score (nSPS) is 12.7. The second-order valence-corrected chi connectivity index (χ2v) is 4.82. The first-order valence-corrected chi connectivity index (χ1v) is 6.25. The van der Waals surface area contributed by atoms with E-state index in [-0.39, 0.29) is 5.56 Å². The summed E-state index contributed by atoms with van der Waals surface area (Å²) in [6.45, 7) is 1.53.